The number of nitrogens with one attached hydrogen (secondary N) is 2. The number of rotatable bonds is 6. The van der Waals surface area contributed by atoms with Gasteiger partial charge in [-0.25, -0.2) is 0 Å². The molecule has 2 N–H and O–H groups in total. The predicted molar refractivity (Wildman–Crippen MR) is 120 cm³/mol. The molecule has 7 heteroatoms. The summed E-state index contributed by atoms with van der Waals surface area (Å²) < 4.78 is 0. The van der Waals surface area contributed by atoms with E-state index < -0.39 is 6.04 Å². The summed E-state index contributed by atoms with van der Waals surface area (Å²) in [6.45, 7) is 1.78. The minimum atomic E-state index is -0.552. The van der Waals surface area contributed by atoms with E-state index in [1.807, 2.05) is 42.5 Å². The van der Waals surface area contributed by atoms with Gasteiger partial charge >= 0.3 is 0 Å². The Balaban J connectivity index is 1.62. The minimum Gasteiger partial charge on any atom is -0.324 e. The number of carbonyl (C=O) groups is 2. The summed E-state index contributed by atoms with van der Waals surface area (Å²) >= 11 is 12.1. The summed E-state index contributed by atoms with van der Waals surface area (Å²) in [5, 5.41) is 8.33. The molecule has 0 spiro atoms. The Bertz CT molecular complexity index is 1050. The number of nitrogens with zero attached hydrogens (tertiary/aromatic N) is 1. The molecule has 3 aromatic rings. The summed E-state index contributed by atoms with van der Waals surface area (Å²) in [5.41, 5.74) is 1.17. The van der Waals surface area contributed by atoms with Crippen molar-refractivity contribution in [3.8, 4) is 0 Å². The number of fused-ring (bicyclic) bond motifs is 1. The van der Waals surface area contributed by atoms with E-state index in [-0.39, 0.29) is 23.4 Å². The average molecular weight is 430 g/mol. The van der Waals surface area contributed by atoms with Gasteiger partial charge in [0.05, 0.1) is 28.3 Å². The Morgan fingerprint density at radius 2 is 1.59 bits per heavy atom. The summed E-state index contributed by atoms with van der Waals surface area (Å²) in [7, 11) is 1.71. The van der Waals surface area contributed by atoms with Gasteiger partial charge < -0.3 is 10.6 Å². The maximum atomic E-state index is 12.5. The zero-order valence-corrected chi connectivity index (χ0v) is 17.6. The molecular formula is C22H21Cl2N3O2. The van der Waals surface area contributed by atoms with Crippen LogP contribution in [0.15, 0.2) is 60.7 Å². The lowest BCUT2D eigenvalue weighted by Gasteiger charge is -2.23. The molecule has 0 fully saturated rings. The SMILES string of the molecule is C[C@H](C(=O)Nc1cccc(Cl)c1Cl)N(C)CC(=O)Nc1cccc2ccccc12. The van der Waals surface area contributed by atoms with E-state index in [1.165, 1.54) is 0 Å². The molecule has 3 aromatic carbocycles. The van der Waals surface area contributed by atoms with E-state index in [0.29, 0.717) is 10.7 Å². The Kier molecular flexibility index (Phi) is 6.75. The highest BCUT2D eigenvalue weighted by molar-refractivity contribution is 6.44. The highest BCUT2D eigenvalue weighted by atomic mass is 35.5. The molecule has 1 atom stereocenters. The summed E-state index contributed by atoms with van der Waals surface area (Å²) in [6.07, 6.45) is 0. The maximum Gasteiger partial charge on any atom is 0.241 e. The summed E-state index contributed by atoms with van der Waals surface area (Å²) in [6, 6.07) is 18.0. The second-order valence-electron chi connectivity index (χ2n) is 6.76. The van der Waals surface area contributed by atoms with Gasteiger partial charge in [0.15, 0.2) is 0 Å². The molecule has 0 aliphatic rings. The molecule has 3 rings (SSSR count). The second-order valence-corrected chi connectivity index (χ2v) is 7.54. The van der Waals surface area contributed by atoms with Crippen molar-refractivity contribution in [2.24, 2.45) is 0 Å². The smallest absolute Gasteiger partial charge is 0.241 e. The first-order valence-electron chi connectivity index (χ1n) is 9.09. The molecule has 0 bridgehead atoms. The van der Waals surface area contributed by atoms with E-state index in [9.17, 15) is 9.59 Å². The van der Waals surface area contributed by atoms with E-state index >= 15 is 0 Å². The topological polar surface area (TPSA) is 61.4 Å². The molecule has 0 heterocycles. The molecule has 2 amide bonds. The number of halogens is 2. The zero-order valence-electron chi connectivity index (χ0n) is 16.1. The lowest BCUT2D eigenvalue weighted by molar-refractivity contribution is -0.122. The molecule has 0 aliphatic heterocycles. The molecule has 0 saturated heterocycles. The number of carbonyl (C=O) groups excluding carboxylic acids is 2. The minimum absolute atomic E-state index is 0.0566. The summed E-state index contributed by atoms with van der Waals surface area (Å²) in [5.74, 6) is -0.487. The van der Waals surface area contributed by atoms with Crippen LogP contribution in [0.2, 0.25) is 10.0 Å². The maximum absolute atomic E-state index is 12.5. The van der Waals surface area contributed by atoms with Gasteiger partial charge in [-0.3, -0.25) is 14.5 Å². The number of benzene rings is 3. The van der Waals surface area contributed by atoms with Crippen molar-refractivity contribution in [3.05, 3.63) is 70.7 Å². The van der Waals surface area contributed by atoms with Crippen molar-refractivity contribution in [1.29, 1.82) is 0 Å². The molecule has 0 aliphatic carbocycles. The number of hydrogen-bond donors (Lipinski definition) is 2. The summed E-state index contributed by atoms with van der Waals surface area (Å²) in [4.78, 5) is 26.7. The molecule has 0 saturated carbocycles. The monoisotopic (exact) mass is 429 g/mol. The van der Waals surface area contributed by atoms with Gasteiger partial charge in [0, 0.05) is 11.1 Å². The van der Waals surface area contributed by atoms with Gasteiger partial charge in [-0.1, -0.05) is 65.7 Å². The number of amides is 2. The van der Waals surface area contributed by atoms with Crippen LogP contribution in [-0.2, 0) is 9.59 Å². The number of likely N-dealkylation sites (N-methyl/N-ethyl adjacent to an activating group) is 1. The lowest BCUT2D eigenvalue weighted by Crippen LogP contribution is -2.43. The number of hydrogen-bond acceptors (Lipinski definition) is 3. The van der Waals surface area contributed by atoms with Crippen LogP contribution < -0.4 is 10.6 Å². The van der Waals surface area contributed by atoms with Crippen LogP contribution in [0.25, 0.3) is 10.8 Å². The van der Waals surface area contributed by atoms with Crippen molar-refractivity contribution in [2.45, 2.75) is 13.0 Å². The van der Waals surface area contributed by atoms with Crippen molar-refractivity contribution in [2.75, 3.05) is 24.2 Å². The predicted octanol–water partition coefficient (Wildman–Crippen LogP) is 5.04. The fourth-order valence-corrected chi connectivity index (χ4v) is 3.27. The second kappa shape index (κ2) is 9.27. The van der Waals surface area contributed by atoms with Crippen LogP contribution >= 0.6 is 23.2 Å². The molecule has 0 radical (unpaired) electrons. The van der Waals surface area contributed by atoms with Crippen molar-refractivity contribution < 1.29 is 9.59 Å². The zero-order chi connectivity index (χ0) is 21.0. The van der Waals surface area contributed by atoms with Crippen molar-refractivity contribution in [3.63, 3.8) is 0 Å². The lowest BCUT2D eigenvalue weighted by atomic mass is 10.1. The van der Waals surface area contributed by atoms with E-state index in [0.717, 1.165) is 16.5 Å². The number of anilines is 2. The Hall–Kier alpha value is -2.60. The highest BCUT2D eigenvalue weighted by Crippen LogP contribution is 2.29. The van der Waals surface area contributed by atoms with Gasteiger partial charge in [0.2, 0.25) is 11.8 Å². The third-order valence-electron chi connectivity index (χ3n) is 4.71. The highest BCUT2D eigenvalue weighted by Gasteiger charge is 2.21. The van der Waals surface area contributed by atoms with Crippen LogP contribution in [-0.4, -0.2) is 36.3 Å². The molecule has 150 valence electrons. The third-order valence-corrected chi connectivity index (χ3v) is 5.53. The first-order valence-corrected chi connectivity index (χ1v) is 9.85. The average Bonchev–Trinajstić information content (AvgIpc) is 2.71. The van der Waals surface area contributed by atoms with Gasteiger partial charge in [0.25, 0.3) is 0 Å². The fourth-order valence-electron chi connectivity index (χ4n) is 2.93. The van der Waals surface area contributed by atoms with Crippen LogP contribution in [0, 0.1) is 0 Å². The van der Waals surface area contributed by atoms with Crippen molar-refractivity contribution in [1.82, 2.24) is 4.90 Å². The quantitative estimate of drug-likeness (QED) is 0.576. The molecular weight excluding hydrogens is 409 g/mol. The fraction of sp³-hybridized carbons (Fsp3) is 0.182. The molecule has 0 aromatic heterocycles. The first-order chi connectivity index (χ1) is 13.9. The van der Waals surface area contributed by atoms with Crippen LogP contribution in [0.5, 0.6) is 0 Å². The Morgan fingerprint density at radius 1 is 0.931 bits per heavy atom. The first kappa shape index (κ1) is 21.1. The van der Waals surface area contributed by atoms with Crippen LogP contribution in [0.4, 0.5) is 11.4 Å². The van der Waals surface area contributed by atoms with Crippen molar-refractivity contribution >= 4 is 57.2 Å². The van der Waals surface area contributed by atoms with Gasteiger partial charge in [0.1, 0.15) is 0 Å². The third kappa shape index (κ3) is 5.07. The molecule has 5 nitrogen and oxygen atoms in total. The Labute approximate surface area is 179 Å². The largest absolute Gasteiger partial charge is 0.324 e. The van der Waals surface area contributed by atoms with Crippen LogP contribution in [0.3, 0.4) is 0 Å². The van der Waals surface area contributed by atoms with E-state index in [2.05, 4.69) is 10.6 Å². The van der Waals surface area contributed by atoms with Gasteiger partial charge in [-0.2, -0.15) is 0 Å². The van der Waals surface area contributed by atoms with E-state index in [4.69, 9.17) is 23.2 Å². The standard InChI is InChI=1S/C22H21Cl2N3O2/c1-14(22(29)26-19-12-6-10-17(23)21(19)24)27(2)13-20(28)25-18-11-5-8-15-7-3-4-9-16(15)18/h3-12,14H,13H2,1-2H3,(H,25,28)(H,26,29)/t14-/m1/s1. The normalized spacial score (nSPS) is 12.0. The molecule has 0 unspecified atom stereocenters. The Morgan fingerprint density at radius 3 is 2.38 bits per heavy atom. The van der Waals surface area contributed by atoms with E-state index in [1.54, 1.807) is 37.1 Å². The van der Waals surface area contributed by atoms with Gasteiger partial charge in [-0.15, -0.1) is 0 Å². The van der Waals surface area contributed by atoms with Gasteiger partial charge in [-0.05, 0) is 37.6 Å². The van der Waals surface area contributed by atoms with Crippen LogP contribution in [0.1, 0.15) is 6.92 Å². The molecule has 29 heavy (non-hydrogen) atoms.